The maximum atomic E-state index is 12.1. The third-order valence-corrected chi connectivity index (χ3v) is 7.10. The Balaban J connectivity index is 1.46. The molecular formula is C23H27N5O2S. The summed E-state index contributed by atoms with van der Waals surface area (Å²) in [6.07, 6.45) is 4.67. The topological polar surface area (TPSA) is 81.6 Å². The summed E-state index contributed by atoms with van der Waals surface area (Å²) in [7, 11) is 0. The van der Waals surface area contributed by atoms with Gasteiger partial charge < -0.3 is 19.9 Å². The molecule has 1 fully saturated rings. The molecule has 0 radical (unpaired) electrons. The summed E-state index contributed by atoms with van der Waals surface area (Å²) in [5.41, 5.74) is 7.42. The van der Waals surface area contributed by atoms with Gasteiger partial charge in [-0.3, -0.25) is 15.2 Å². The van der Waals surface area contributed by atoms with Gasteiger partial charge in [-0.2, -0.15) is 0 Å². The molecule has 31 heavy (non-hydrogen) atoms. The summed E-state index contributed by atoms with van der Waals surface area (Å²) in [6, 6.07) is 6.80. The summed E-state index contributed by atoms with van der Waals surface area (Å²) < 4.78 is 5.32. The van der Waals surface area contributed by atoms with Crippen LogP contribution in [0.4, 0.5) is 5.69 Å². The number of rotatable bonds is 4. The fourth-order valence-electron chi connectivity index (χ4n) is 4.48. The molecule has 0 spiro atoms. The highest BCUT2D eigenvalue weighted by Crippen LogP contribution is 2.34. The normalized spacial score (nSPS) is 19.1. The van der Waals surface area contributed by atoms with E-state index in [1.807, 2.05) is 16.6 Å². The first-order valence-corrected chi connectivity index (χ1v) is 11.7. The van der Waals surface area contributed by atoms with Crippen LogP contribution < -0.4 is 10.2 Å². The van der Waals surface area contributed by atoms with Crippen LogP contribution in [0.3, 0.4) is 0 Å². The van der Waals surface area contributed by atoms with Crippen LogP contribution in [0.25, 0.3) is 10.4 Å². The highest BCUT2D eigenvalue weighted by Gasteiger charge is 2.30. The number of carbonyl (C=O) groups is 1. The molecule has 2 aromatic rings. The Kier molecular flexibility index (Phi) is 5.50. The van der Waals surface area contributed by atoms with Gasteiger partial charge in [-0.15, -0.1) is 11.3 Å². The Labute approximate surface area is 186 Å². The molecule has 0 atom stereocenters. The number of ether oxygens (including phenoxy) is 1. The van der Waals surface area contributed by atoms with Crippen molar-refractivity contribution in [3.8, 4) is 10.4 Å². The van der Waals surface area contributed by atoms with Crippen molar-refractivity contribution >= 4 is 28.8 Å². The average molecular weight is 438 g/mol. The van der Waals surface area contributed by atoms with Crippen LogP contribution in [0.5, 0.6) is 0 Å². The SMILES string of the molecule is CC(=O)N1CCC(NC2COC2)=C(C(=N)N2CCCc3cc(-c4cncs4)ccc32)C1. The Morgan fingerprint density at radius 2 is 2.16 bits per heavy atom. The molecule has 1 aromatic carbocycles. The number of aromatic nitrogens is 1. The second-order valence-electron chi connectivity index (χ2n) is 8.34. The number of amidine groups is 1. The lowest BCUT2D eigenvalue weighted by molar-refractivity contribution is -0.128. The number of thiazole rings is 1. The zero-order valence-electron chi connectivity index (χ0n) is 17.7. The molecular weight excluding hydrogens is 410 g/mol. The zero-order chi connectivity index (χ0) is 21.4. The van der Waals surface area contributed by atoms with E-state index in [4.69, 9.17) is 10.1 Å². The third kappa shape index (κ3) is 3.97. The van der Waals surface area contributed by atoms with E-state index in [1.54, 1.807) is 18.3 Å². The lowest BCUT2D eigenvalue weighted by Crippen LogP contribution is -2.50. The number of fused-ring (bicyclic) bond motifs is 1. The van der Waals surface area contributed by atoms with E-state index in [0.717, 1.165) is 47.6 Å². The van der Waals surface area contributed by atoms with E-state index < -0.39 is 0 Å². The molecule has 4 heterocycles. The quantitative estimate of drug-likeness (QED) is 0.568. The number of hydrogen-bond donors (Lipinski definition) is 2. The smallest absolute Gasteiger partial charge is 0.219 e. The van der Waals surface area contributed by atoms with E-state index in [0.29, 0.717) is 38.2 Å². The monoisotopic (exact) mass is 437 g/mol. The lowest BCUT2D eigenvalue weighted by Gasteiger charge is -2.38. The molecule has 0 bridgehead atoms. The van der Waals surface area contributed by atoms with Crippen LogP contribution in [0, 0.1) is 5.41 Å². The van der Waals surface area contributed by atoms with Crippen molar-refractivity contribution in [2.75, 3.05) is 37.7 Å². The molecule has 1 saturated heterocycles. The van der Waals surface area contributed by atoms with Crippen LogP contribution in [0.1, 0.15) is 25.3 Å². The standard InChI is InChI=1S/C23H27N5O2S/c1-15(29)27-8-6-20(26-18-12-30-13-18)19(11-27)23(24)28-7-2-3-16-9-17(4-5-21(16)28)22-10-25-14-31-22/h4-5,9-10,14,18,24,26H,2-3,6-8,11-13H2,1H3. The summed E-state index contributed by atoms with van der Waals surface area (Å²) in [5.74, 6) is 0.560. The van der Waals surface area contributed by atoms with Crippen LogP contribution in [-0.2, 0) is 16.0 Å². The van der Waals surface area contributed by atoms with Gasteiger partial charge in [0.05, 0.1) is 36.2 Å². The molecule has 1 aromatic heterocycles. The number of nitrogens with zero attached hydrogens (tertiary/aromatic N) is 3. The van der Waals surface area contributed by atoms with Crippen molar-refractivity contribution in [3.63, 3.8) is 0 Å². The van der Waals surface area contributed by atoms with Gasteiger partial charge in [-0.05, 0) is 36.1 Å². The van der Waals surface area contributed by atoms with Gasteiger partial charge in [-0.1, -0.05) is 6.07 Å². The van der Waals surface area contributed by atoms with Gasteiger partial charge in [0.15, 0.2) is 0 Å². The van der Waals surface area contributed by atoms with Crippen LogP contribution in [0.2, 0.25) is 0 Å². The fraction of sp³-hybridized carbons (Fsp3) is 0.435. The van der Waals surface area contributed by atoms with Crippen molar-refractivity contribution in [1.29, 1.82) is 5.41 Å². The molecule has 0 unspecified atom stereocenters. The molecule has 162 valence electrons. The van der Waals surface area contributed by atoms with Gasteiger partial charge in [-0.25, -0.2) is 0 Å². The maximum Gasteiger partial charge on any atom is 0.219 e. The molecule has 0 aliphatic carbocycles. The Bertz CT molecular complexity index is 1030. The van der Waals surface area contributed by atoms with Crippen molar-refractivity contribution in [2.45, 2.75) is 32.2 Å². The molecule has 1 amide bonds. The second kappa shape index (κ2) is 8.43. The molecule has 2 N–H and O–H groups in total. The first-order chi connectivity index (χ1) is 15.1. The molecule has 3 aliphatic rings. The number of aryl methyl sites for hydroxylation is 1. The van der Waals surface area contributed by atoms with Gasteiger partial charge in [0, 0.05) is 49.6 Å². The van der Waals surface area contributed by atoms with Gasteiger partial charge >= 0.3 is 0 Å². The minimum Gasteiger partial charge on any atom is -0.381 e. The summed E-state index contributed by atoms with van der Waals surface area (Å²) in [5, 5.41) is 12.7. The molecule has 3 aliphatic heterocycles. The Morgan fingerprint density at radius 3 is 2.87 bits per heavy atom. The van der Waals surface area contributed by atoms with Crippen molar-refractivity contribution < 1.29 is 9.53 Å². The first-order valence-electron chi connectivity index (χ1n) is 10.8. The van der Waals surface area contributed by atoms with E-state index in [1.165, 1.54) is 11.1 Å². The van der Waals surface area contributed by atoms with E-state index >= 15 is 0 Å². The number of carbonyl (C=O) groups excluding carboxylic acids is 1. The molecule has 8 heteroatoms. The average Bonchev–Trinajstić information content (AvgIpc) is 3.30. The third-order valence-electron chi connectivity index (χ3n) is 6.28. The second-order valence-corrected chi connectivity index (χ2v) is 9.23. The number of anilines is 1. The van der Waals surface area contributed by atoms with Gasteiger partial charge in [0.1, 0.15) is 5.84 Å². The minimum atomic E-state index is 0.0598. The summed E-state index contributed by atoms with van der Waals surface area (Å²) >= 11 is 1.64. The zero-order valence-corrected chi connectivity index (χ0v) is 18.5. The number of benzene rings is 1. The highest BCUT2D eigenvalue weighted by atomic mass is 32.1. The molecule has 7 nitrogen and oxygen atoms in total. The Morgan fingerprint density at radius 1 is 1.29 bits per heavy atom. The first kappa shape index (κ1) is 20.2. The van der Waals surface area contributed by atoms with Crippen LogP contribution >= 0.6 is 11.3 Å². The van der Waals surface area contributed by atoms with Crippen molar-refractivity contribution in [1.82, 2.24) is 15.2 Å². The molecule has 0 saturated carbocycles. The summed E-state index contributed by atoms with van der Waals surface area (Å²) in [6.45, 7) is 5.00. The largest absolute Gasteiger partial charge is 0.381 e. The predicted molar refractivity (Wildman–Crippen MR) is 123 cm³/mol. The van der Waals surface area contributed by atoms with E-state index in [-0.39, 0.29) is 5.91 Å². The van der Waals surface area contributed by atoms with Crippen molar-refractivity contribution in [2.24, 2.45) is 0 Å². The highest BCUT2D eigenvalue weighted by molar-refractivity contribution is 7.13. The number of nitrogens with one attached hydrogen (secondary N) is 2. The van der Waals surface area contributed by atoms with Crippen LogP contribution in [0.15, 0.2) is 41.2 Å². The molecule has 5 rings (SSSR count). The Hall–Kier alpha value is -2.71. The number of hydrogen-bond acceptors (Lipinski definition) is 6. The van der Waals surface area contributed by atoms with E-state index in [9.17, 15) is 4.79 Å². The fourth-order valence-corrected chi connectivity index (χ4v) is 5.10. The van der Waals surface area contributed by atoms with Gasteiger partial charge in [0.2, 0.25) is 5.91 Å². The summed E-state index contributed by atoms with van der Waals surface area (Å²) in [4.78, 5) is 21.4. The van der Waals surface area contributed by atoms with Gasteiger partial charge in [0.25, 0.3) is 0 Å². The minimum absolute atomic E-state index is 0.0598. The number of amides is 1. The van der Waals surface area contributed by atoms with E-state index in [2.05, 4.69) is 33.4 Å². The lowest BCUT2D eigenvalue weighted by atomic mass is 9.96. The predicted octanol–water partition coefficient (Wildman–Crippen LogP) is 3.03. The van der Waals surface area contributed by atoms with Crippen LogP contribution in [-0.4, -0.2) is 60.5 Å². The maximum absolute atomic E-state index is 12.1. The van der Waals surface area contributed by atoms with Crippen molar-refractivity contribution in [3.05, 3.63) is 46.7 Å².